The monoisotopic (exact) mass is 350 g/mol. The predicted molar refractivity (Wildman–Crippen MR) is 89.8 cm³/mol. The molecule has 0 aliphatic carbocycles. The first-order chi connectivity index (χ1) is 10.2. The van der Waals surface area contributed by atoms with Crippen LogP contribution in [0.15, 0.2) is 22.7 Å². The molecular weight excluding hydrogens is 328 g/mol. The van der Waals surface area contributed by atoms with Gasteiger partial charge in [0.05, 0.1) is 5.69 Å². The van der Waals surface area contributed by atoms with Gasteiger partial charge in [-0.15, -0.1) is 0 Å². The fourth-order valence-electron chi connectivity index (χ4n) is 2.27. The average molecular weight is 351 g/mol. The van der Waals surface area contributed by atoms with Crippen molar-refractivity contribution in [3.8, 4) is 5.69 Å². The molecule has 0 fully saturated rings. The molecule has 0 spiro atoms. The Morgan fingerprint density at radius 2 is 2.00 bits per heavy atom. The van der Waals surface area contributed by atoms with Gasteiger partial charge in [0.25, 0.3) is 0 Å². The normalized spacial score (nSPS) is 11.0. The van der Waals surface area contributed by atoms with E-state index in [-0.39, 0.29) is 0 Å². The van der Waals surface area contributed by atoms with Crippen molar-refractivity contribution in [2.75, 3.05) is 6.54 Å². The standard InChI is InChI=1S/C16H23BrN4/c1-4-9-18-11-12-10-13(17)7-8-14(12)21-16(6-3)19-15(5-2)20-21/h7-8,10,18H,4-6,9,11H2,1-3H3. The quantitative estimate of drug-likeness (QED) is 0.775. The van der Waals surface area contributed by atoms with Crippen molar-refractivity contribution in [1.82, 2.24) is 20.1 Å². The molecule has 0 bridgehead atoms. The lowest BCUT2D eigenvalue weighted by Gasteiger charge is -2.12. The molecule has 0 saturated carbocycles. The van der Waals surface area contributed by atoms with Gasteiger partial charge < -0.3 is 5.32 Å². The van der Waals surface area contributed by atoms with Crippen LogP contribution in [0.4, 0.5) is 0 Å². The fraction of sp³-hybridized carbons (Fsp3) is 0.500. The van der Waals surface area contributed by atoms with E-state index in [1.54, 1.807) is 0 Å². The van der Waals surface area contributed by atoms with E-state index >= 15 is 0 Å². The minimum Gasteiger partial charge on any atom is -0.313 e. The van der Waals surface area contributed by atoms with Crippen molar-refractivity contribution in [2.24, 2.45) is 0 Å². The Hall–Kier alpha value is -1.20. The first-order valence-electron chi connectivity index (χ1n) is 7.63. The van der Waals surface area contributed by atoms with E-state index in [0.717, 1.165) is 54.2 Å². The molecule has 1 N–H and O–H groups in total. The zero-order valence-electron chi connectivity index (χ0n) is 13.0. The van der Waals surface area contributed by atoms with Gasteiger partial charge >= 0.3 is 0 Å². The number of hydrogen-bond acceptors (Lipinski definition) is 3. The summed E-state index contributed by atoms with van der Waals surface area (Å²) in [6.45, 7) is 8.24. The molecule has 5 heteroatoms. The Balaban J connectivity index is 2.40. The van der Waals surface area contributed by atoms with Crippen LogP contribution in [0.5, 0.6) is 0 Å². The molecule has 0 amide bonds. The minimum atomic E-state index is 0.840. The number of halogens is 1. The molecule has 0 aliphatic heterocycles. The van der Waals surface area contributed by atoms with Gasteiger partial charge in [0.15, 0.2) is 5.82 Å². The van der Waals surface area contributed by atoms with Crippen molar-refractivity contribution in [2.45, 2.75) is 46.6 Å². The van der Waals surface area contributed by atoms with E-state index in [1.165, 1.54) is 5.56 Å². The first kappa shape index (κ1) is 16.2. The highest BCUT2D eigenvalue weighted by Gasteiger charge is 2.12. The molecule has 0 unspecified atom stereocenters. The van der Waals surface area contributed by atoms with Crippen molar-refractivity contribution in [1.29, 1.82) is 0 Å². The SMILES string of the molecule is CCCNCc1cc(Br)ccc1-n1nc(CC)nc1CC. The van der Waals surface area contributed by atoms with E-state index in [1.807, 2.05) is 4.68 Å². The molecule has 1 aromatic heterocycles. The largest absolute Gasteiger partial charge is 0.313 e. The van der Waals surface area contributed by atoms with E-state index in [2.05, 4.69) is 70.3 Å². The lowest BCUT2D eigenvalue weighted by Crippen LogP contribution is -2.16. The molecule has 0 atom stereocenters. The molecule has 2 aromatic rings. The van der Waals surface area contributed by atoms with Crippen LogP contribution in [0.2, 0.25) is 0 Å². The summed E-state index contributed by atoms with van der Waals surface area (Å²) in [7, 11) is 0. The molecule has 4 nitrogen and oxygen atoms in total. The maximum atomic E-state index is 4.65. The van der Waals surface area contributed by atoms with Gasteiger partial charge in [0.1, 0.15) is 5.82 Å². The summed E-state index contributed by atoms with van der Waals surface area (Å²) in [6.07, 6.45) is 2.87. The van der Waals surface area contributed by atoms with E-state index < -0.39 is 0 Å². The summed E-state index contributed by atoms with van der Waals surface area (Å²) >= 11 is 3.56. The second-order valence-electron chi connectivity index (χ2n) is 5.01. The molecule has 2 rings (SSSR count). The summed E-state index contributed by atoms with van der Waals surface area (Å²) < 4.78 is 3.09. The summed E-state index contributed by atoms with van der Waals surface area (Å²) in [4.78, 5) is 4.60. The first-order valence-corrected chi connectivity index (χ1v) is 8.43. The van der Waals surface area contributed by atoms with Crippen LogP contribution >= 0.6 is 15.9 Å². The Kier molecular flexibility index (Phi) is 5.94. The molecule has 21 heavy (non-hydrogen) atoms. The van der Waals surface area contributed by atoms with Crippen LogP contribution in [-0.4, -0.2) is 21.3 Å². The van der Waals surface area contributed by atoms with Crippen LogP contribution in [0.25, 0.3) is 5.69 Å². The molecular formula is C16H23BrN4. The number of aryl methyl sites for hydroxylation is 2. The second-order valence-corrected chi connectivity index (χ2v) is 5.93. The van der Waals surface area contributed by atoms with E-state index in [0.29, 0.717) is 0 Å². The highest BCUT2D eigenvalue weighted by molar-refractivity contribution is 9.10. The van der Waals surface area contributed by atoms with Crippen LogP contribution in [0, 0.1) is 0 Å². The van der Waals surface area contributed by atoms with Crippen molar-refractivity contribution in [3.63, 3.8) is 0 Å². The molecule has 114 valence electrons. The van der Waals surface area contributed by atoms with Gasteiger partial charge in [0.2, 0.25) is 0 Å². The number of nitrogens with one attached hydrogen (secondary N) is 1. The maximum Gasteiger partial charge on any atom is 0.151 e. The third-order valence-electron chi connectivity index (χ3n) is 3.36. The van der Waals surface area contributed by atoms with Crippen molar-refractivity contribution >= 4 is 15.9 Å². The second kappa shape index (κ2) is 7.71. The van der Waals surface area contributed by atoms with Gasteiger partial charge in [-0.25, -0.2) is 9.67 Å². The van der Waals surface area contributed by atoms with Gasteiger partial charge in [-0.2, -0.15) is 5.10 Å². The van der Waals surface area contributed by atoms with Crippen molar-refractivity contribution in [3.05, 3.63) is 39.9 Å². The van der Waals surface area contributed by atoms with Crippen LogP contribution in [-0.2, 0) is 19.4 Å². The van der Waals surface area contributed by atoms with Crippen LogP contribution in [0.1, 0.15) is 44.4 Å². The smallest absolute Gasteiger partial charge is 0.151 e. The summed E-state index contributed by atoms with van der Waals surface area (Å²) in [5.74, 6) is 1.92. The Morgan fingerprint density at radius 1 is 1.19 bits per heavy atom. The molecule has 1 heterocycles. The van der Waals surface area contributed by atoms with Gasteiger partial charge in [-0.1, -0.05) is 36.7 Å². The number of aromatic nitrogens is 3. The third-order valence-corrected chi connectivity index (χ3v) is 3.86. The number of rotatable bonds is 7. The molecule has 0 aliphatic rings. The Labute approximate surface area is 135 Å². The summed E-state index contributed by atoms with van der Waals surface area (Å²) in [5, 5.41) is 8.12. The molecule has 0 saturated heterocycles. The summed E-state index contributed by atoms with van der Waals surface area (Å²) in [6, 6.07) is 6.33. The Bertz CT molecular complexity index is 592. The lowest BCUT2D eigenvalue weighted by atomic mass is 10.1. The number of benzene rings is 1. The zero-order valence-corrected chi connectivity index (χ0v) is 14.6. The van der Waals surface area contributed by atoms with Crippen molar-refractivity contribution < 1.29 is 0 Å². The van der Waals surface area contributed by atoms with Crippen LogP contribution in [0.3, 0.4) is 0 Å². The topological polar surface area (TPSA) is 42.7 Å². The Morgan fingerprint density at radius 3 is 2.67 bits per heavy atom. The highest BCUT2D eigenvalue weighted by atomic mass is 79.9. The fourth-order valence-corrected chi connectivity index (χ4v) is 2.67. The van der Waals surface area contributed by atoms with Gasteiger partial charge in [0, 0.05) is 23.9 Å². The predicted octanol–water partition coefficient (Wildman–Crippen LogP) is 3.65. The maximum absolute atomic E-state index is 4.65. The molecule has 1 aromatic carbocycles. The average Bonchev–Trinajstić information content (AvgIpc) is 2.91. The van der Waals surface area contributed by atoms with Crippen LogP contribution < -0.4 is 5.32 Å². The third kappa shape index (κ3) is 3.92. The van der Waals surface area contributed by atoms with Gasteiger partial charge in [-0.05, 0) is 36.7 Å². The zero-order chi connectivity index (χ0) is 15.2. The lowest BCUT2D eigenvalue weighted by molar-refractivity contribution is 0.667. The highest BCUT2D eigenvalue weighted by Crippen LogP contribution is 2.21. The summed E-state index contributed by atoms with van der Waals surface area (Å²) in [5.41, 5.74) is 2.35. The minimum absolute atomic E-state index is 0.840. The van der Waals surface area contributed by atoms with Gasteiger partial charge in [-0.3, -0.25) is 0 Å². The number of nitrogens with zero attached hydrogens (tertiary/aromatic N) is 3. The molecule has 0 radical (unpaired) electrons. The van der Waals surface area contributed by atoms with E-state index in [4.69, 9.17) is 0 Å². The number of hydrogen-bond donors (Lipinski definition) is 1. The van der Waals surface area contributed by atoms with E-state index in [9.17, 15) is 0 Å².